The molecule has 1 aromatic rings. The minimum absolute atomic E-state index is 0.0472. The maximum atomic E-state index is 11.9. The molecule has 104 valence electrons. The number of benzene rings is 1. The molecule has 0 amide bonds. The third-order valence-corrected chi connectivity index (χ3v) is 2.87. The number of aromatic carboxylic acids is 1. The minimum Gasteiger partial charge on any atom is -0.478 e. The second-order valence-electron chi connectivity index (χ2n) is 5.46. The molecule has 0 saturated carbocycles. The summed E-state index contributed by atoms with van der Waals surface area (Å²) < 4.78 is 4.92. The Hall–Kier alpha value is -1.84. The lowest BCUT2D eigenvalue weighted by molar-refractivity contribution is 0.0514. The summed E-state index contributed by atoms with van der Waals surface area (Å²) >= 11 is 0. The molecule has 0 aliphatic carbocycles. The molecular formula is C15H20O4. The van der Waals surface area contributed by atoms with Gasteiger partial charge in [0.2, 0.25) is 0 Å². The van der Waals surface area contributed by atoms with Crippen LogP contribution in [0.15, 0.2) is 12.1 Å². The molecule has 0 spiro atoms. The fraction of sp³-hybridized carbons (Fsp3) is 0.467. The lowest BCUT2D eigenvalue weighted by atomic mass is 9.79. The van der Waals surface area contributed by atoms with Crippen molar-refractivity contribution in [2.75, 3.05) is 6.61 Å². The molecule has 19 heavy (non-hydrogen) atoms. The van der Waals surface area contributed by atoms with E-state index in [9.17, 15) is 14.7 Å². The highest BCUT2D eigenvalue weighted by Crippen LogP contribution is 2.31. The van der Waals surface area contributed by atoms with Crippen LogP contribution < -0.4 is 0 Å². The largest absolute Gasteiger partial charge is 0.478 e. The van der Waals surface area contributed by atoms with E-state index in [0.29, 0.717) is 5.56 Å². The number of carboxylic acids is 1. The number of hydrogen-bond acceptors (Lipinski definition) is 3. The quantitative estimate of drug-likeness (QED) is 0.852. The molecule has 1 aromatic carbocycles. The van der Waals surface area contributed by atoms with Gasteiger partial charge in [-0.2, -0.15) is 0 Å². The van der Waals surface area contributed by atoms with Crippen LogP contribution in [0, 0.1) is 6.92 Å². The van der Waals surface area contributed by atoms with Gasteiger partial charge in [-0.15, -0.1) is 0 Å². The third kappa shape index (κ3) is 3.13. The standard InChI is InChI=1S/C15H20O4/c1-6-19-14(18)10-8-7-9(2)12(15(3,4)5)11(10)13(16)17/h7-8H,6H2,1-5H3,(H,16,17). The van der Waals surface area contributed by atoms with Gasteiger partial charge >= 0.3 is 11.9 Å². The van der Waals surface area contributed by atoms with Crippen molar-refractivity contribution in [1.29, 1.82) is 0 Å². The van der Waals surface area contributed by atoms with Gasteiger partial charge in [-0.1, -0.05) is 26.8 Å². The van der Waals surface area contributed by atoms with E-state index in [-0.39, 0.29) is 23.1 Å². The van der Waals surface area contributed by atoms with Crippen molar-refractivity contribution in [1.82, 2.24) is 0 Å². The molecular weight excluding hydrogens is 244 g/mol. The number of hydrogen-bond donors (Lipinski definition) is 1. The lowest BCUT2D eigenvalue weighted by Crippen LogP contribution is -2.22. The zero-order chi connectivity index (χ0) is 14.8. The molecule has 0 atom stereocenters. The topological polar surface area (TPSA) is 63.6 Å². The van der Waals surface area contributed by atoms with Crippen LogP contribution in [0.2, 0.25) is 0 Å². The maximum absolute atomic E-state index is 11.9. The first-order valence-corrected chi connectivity index (χ1v) is 6.24. The SMILES string of the molecule is CCOC(=O)c1ccc(C)c(C(C)(C)C)c1C(=O)O. The van der Waals surface area contributed by atoms with Crippen molar-refractivity contribution in [2.45, 2.75) is 40.0 Å². The van der Waals surface area contributed by atoms with E-state index in [1.807, 2.05) is 27.7 Å². The Morgan fingerprint density at radius 2 is 1.84 bits per heavy atom. The Morgan fingerprint density at radius 3 is 2.26 bits per heavy atom. The number of carbonyl (C=O) groups is 2. The smallest absolute Gasteiger partial charge is 0.339 e. The molecule has 0 aliphatic heterocycles. The van der Waals surface area contributed by atoms with E-state index in [1.54, 1.807) is 13.0 Å². The van der Waals surface area contributed by atoms with E-state index < -0.39 is 11.9 Å². The van der Waals surface area contributed by atoms with Gasteiger partial charge in [0.25, 0.3) is 0 Å². The fourth-order valence-corrected chi connectivity index (χ4v) is 2.27. The zero-order valence-electron chi connectivity index (χ0n) is 12.0. The van der Waals surface area contributed by atoms with Gasteiger partial charge in [0.05, 0.1) is 17.7 Å². The molecule has 1 rings (SSSR count). The van der Waals surface area contributed by atoms with Crippen LogP contribution in [0.5, 0.6) is 0 Å². The molecule has 0 saturated heterocycles. The summed E-state index contributed by atoms with van der Waals surface area (Å²) in [6, 6.07) is 3.28. The number of esters is 1. The minimum atomic E-state index is -1.10. The second-order valence-corrected chi connectivity index (χ2v) is 5.46. The van der Waals surface area contributed by atoms with Gasteiger partial charge in [0.1, 0.15) is 0 Å². The number of carbonyl (C=O) groups excluding carboxylic acids is 1. The monoisotopic (exact) mass is 264 g/mol. The molecule has 0 radical (unpaired) electrons. The van der Waals surface area contributed by atoms with Crippen molar-refractivity contribution >= 4 is 11.9 Å². The predicted octanol–water partition coefficient (Wildman–Crippen LogP) is 3.17. The first-order valence-electron chi connectivity index (χ1n) is 6.24. The molecule has 0 aliphatic rings. The van der Waals surface area contributed by atoms with Crippen molar-refractivity contribution in [3.63, 3.8) is 0 Å². The molecule has 1 N–H and O–H groups in total. The van der Waals surface area contributed by atoms with Gasteiger partial charge in [0, 0.05) is 0 Å². The maximum Gasteiger partial charge on any atom is 0.339 e. The van der Waals surface area contributed by atoms with Crippen LogP contribution in [0.25, 0.3) is 0 Å². The van der Waals surface area contributed by atoms with Crippen LogP contribution in [-0.2, 0) is 10.2 Å². The summed E-state index contributed by atoms with van der Waals surface area (Å²) in [4.78, 5) is 23.4. The average Bonchev–Trinajstić information content (AvgIpc) is 2.26. The van der Waals surface area contributed by atoms with Crippen molar-refractivity contribution in [2.24, 2.45) is 0 Å². The van der Waals surface area contributed by atoms with E-state index in [2.05, 4.69) is 0 Å². The normalized spacial score (nSPS) is 11.2. The number of rotatable bonds is 3. The van der Waals surface area contributed by atoms with Gasteiger partial charge in [0.15, 0.2) is 0 Å². The summed E-state index contributed by atoms with van der Waals surface area (Å²) in [5.41, 5.74) is 1.33. The van der Waals surface area contributed by atoms with Gasteiger partial charge in [-0.3, -0.25) is 0 Å². The third-order valence-electron chi connectivity index (χ3n) is 2.87. The Bertz CT molecular complexity index is 510. The van der Waals surface area contributed by atoms with Gasteiger partial charge in [-0.05, 0) is 36.5 Å². The summed E-state index contributed by atoms with van der Waals surface area (Å²) in [5.74, 6) is -1.69. The van der Waals surface area contributed by atoms with Gasteiger partial charge in [-0.25, -0.2) is 9.59 Å². The summed E-state index contributed by atoms with van der Waals surface area (Å²) in [5, 5.41) is 9.44. The highest BCUT2D eigenvalue weighted by Gasteiger charge is 2.29. The van der Waals surface area contributed by atoms with E-state index in [0.717, 1.165) is 5.56 Å². The van der Waals surface area contributed by atoms with Crippen LogP contribution in [0.3, 0.4) is 0 Å². The van der Waals surface area contributed by atoms with Gasteiger partial charge < -0.3 is 9.84 Å². The van der Waals surface area contributed by atoms with Crippen molar-refractivity contribution in [3.05, 3.63) is 34.4 Å². The number of carboxylic acid groups (broad SMARTS) is 1. The van der Waals surface area contributed by atoms with Crippen molar-refractivity contribution in [3.8, 4) is 0 Å². The molecule has 4 nitrogen and oxygen atoms in total. The van der Waals surface area contributed by atoms with E-state index in [1.165, 1.54) is 6.07 Å². The van der Waals surface area contributed by atoms with Crippen LogP contribution in [-0.4, -0.2) is 23.7 Å². The molecule has 0 bridgehead atoms. The summed E-state index contributed by atoms with van der Waals surface area (Å²) in [6.45, 7) is 9.54. The Kier molecular flexibility index (Phi) is 4.35. The molecule has 4 heteroatoms. The summed E-state index contributed by atoms with van der Waals surface area (Å²) in [7, 11) is 0. The first-order chi connectivity index (χ1) is 8.70. The number of ether oxygens (including phenoxy) is 1. The van der Waals surface area contributed by atoms with Crippen molar-refractivity contribution < 1.29 is 19.4 Å². The van der Waals surface area contributed by atoms with Crippen LogP contribution in [0.4, 0.5) is 0 Å². The Labute approximate surface area is 113 Å². The highest BCUT2D eigenvalue weighted by molar-refractivity contribution is 6.04. The average molecular weight is 264 g/mol. The fourth-order valence-electron chi connectivity index (χ4n) is 2.27. The van der Waals surface area contributed by atoms with Crippen LogP contribution in [0.1, 0.15) is 59.5 Å². The molecule has 0 unspecified atom stereocenters. The molecule has 0 heterocycles. The second kappa shape index (κ2) is 5.43. The lowest BCUT2D eigenvalue weighted by Gasteiger charge is -2.25. The van der Waals surface area contributed by atoms with E-state index in [4.69, 9.17) is 4.74 Å². The first kappa shape index (κ1) is 15.2. The Morgan fingerprint density at radius 1 is 1.26 bits per heavy atom. The number of aryl methyl sites for hydroxylation is 1. The van der Waals surface area contributed by atoms with E-state index >= 15 is 0 Å². The molecule has 0 fully saturated rings. The summed E-state index contributed by atoms with van der Waals surface area (Å²) in [6.07, 6.45) is 0. The zero-order valence-corrected chi connectivity index (χ0v) is 12.0. The van der Waals surface area contributed by atoms with Crippen LogP contribution >= 0.6 is 0 Å². The highest BCUT2D eigenvalue weighted by atomic mass is 16.5. The Balaban J connectivity index is 3.60. The molecule has 0 aromatic heterocycles. The predicted molar refractivity (Wildman–Crippen MR) is 72.8 cm³/mol.